The molecule has 4 rings (SSSR count). The molecule has 4 heteroatoms. The van der Waals surface area contributed by atoms with Crippen LogP contribution in [0.4, 0.5) is 0 Å². The molecular weight excluding hydrogens is 322 g/mol. The summed E-state index contributed by atoms with van der Waals surface area (Å²) in [7, 11) is 0. The molecule has 1 N–H and O–H groups in total. The molecule has 134 valence electrons. The van der Waals surface area contributed by atoms with E-state index in [-0.39, 0.29) is 6.61 Å². The first-order valence-electron chi connectivity index (χ1n) is 9.28. The van der Waals surface area contributed by atoms with E-state index in [2.05, 4.69) is 54.4 Å². The Morgan fingerprint density at radius 3 is 2.58 bits per heavy atom. The Hall–Kier alpha value is -2.43. The lowest BCUT2D eigenvalue weighted by Gasteiger charge is -2.15. The lowest BCUT2D eigenvalue weighted by atomic mass is 10.0. The molecule has 1 unspecified atom stereocenters. The predicted molar refractivity (Wildman–Crippen MR) is 104 cm³/mol. The second kappa shape index (κ2) is 7.44. The molecule has 0 bridgehead atoms. The van der Waals surface area contributed by atoms with Gasteiger partial charge in [-0.25, -0.2) is 4.68 Å². The average molecular weight is 347 g/mol. The van der Waals surface area contributed by atoms with Gasteiger partial charge in [-0.2, -0.15) is 5.10 Å². The van der Waals surface area contributed by atoms with Crippen molar-refractivity contribution in [3.8, 4) is 16.9 Å². The largest absolute Gasteiger partial charge is 0.396 e. The third-order valence-corrected chi connectivity index (χ3v) is 5.23. The third-order valence-electron chi connectivity index (χ3n) is 5.23. The van der Waals surface area contributed by atoms with Crippen LogP contribution in [0.2, 0.25) is 0 Å². The van der Waals surface area contributed by atoms with Gasteiger partial charge in [-0.15, -0.1) is 0 Å². The monoisotopic (exact) mass is 347 g/mol. The van der Waals surface area contributed by atoms with E-state index in [1.54, 1.807) is 0 Å². The third kappa shape index (κ3) is 3.43. The highest BCUT2D eigenvalue weighted by Crippen LogP contribution is 2.29. The van der Waals surface area contributed by atoms with E-state index in [9.17, 15) is 5.11 Å². The Morgan fingerprint density at radius 2 is 1.85 bits per heavy atom. The molecule has 0 amide bonds. The fourth-order valence-corrected chi connectivity index (χ4v) is 3.75. The Bertz CT molecular complexity index is 872. The van der Waals surface area contributed by atoms with E-state index in [1.807, 2.05) is 22.9 Å². The van der Waals surface area contributed by atoms with Crippen LogP contribution in [0.3, 0.4) is 0 Å². The Labute approximate surface area is 154 Å². The molecule has 0 radical (unpaired) electrons. The van der Waals surface area contributed by atoms with E-state index in [1.165, 1.54) is 16.7 Å². The summed E-state index contributed by atoms with van der Waals surface area (Å²) in [5.41, 5.74) is 5.79. The van der Waals surface area contributed by atoms with Gasteiger partial charge in [0, 0.05) is 37.0 Å². The number of aliphatic hydroxyl groups excluding tert-OH is 1. The average Bonchev–Trinajstić information content (AvgIpc) is 3.30. The van der Waals surface area contributed by atoms with Crippen molar-refractivity contribution in [3.63, 3.8) is 0 Å². The first-order chi connectivity index (χ1) is 12.7. The fourth-order valence-electron chi connectivity index (χ4n) is 3.75. The van der Waals surface area contributed by atoms with Crippen LogP contribution in [0.1, 0.15) is 17.5 Å². The molecule has 0 saturated carbocycles. The highest BCUT2D eigenvalue weighted by Gasteiger charge is 2.24. The van der Waals surface area contributed by atoms with Crippen molar-refractivity contribution >= 4 is 0 Å². The van der Waals surface area contributed by atoms with Crippen LogP contribution in [-0.2, 0) is 6.54 Å². The van der Waals surface area contributed by atoms with Crippen molar-refractivity contribution in [1.29, 1.82) is 0 Å². The highest BCUT2D eigenvalue weighted by atomic mass is 16.3. The van der Waals surface area contributed by atoms with Gasteiger partial charge in [0.05, 0.1) is 11.4 Å². The molecule has 2 heterocycles. The summed E-state index contributed by atoms with van der Waals surface area (Å²) in [5, 5.41) is 14.4. The van der Waals surface area contributed by atoms with Gasteiger partial charge < -0.3 is 5.11 Å². The predicted octanol–water partition coefficient (Wildman–Crippen LogP) is 3.66. The number of aliphatic hydroxyl groups is 1. The maximum Gasteiger partial charge on any atom is 0.0975 e. The van der Waals surface area contributed by atoms with Gasteiger partial charge in [-0.1, -0.05) is 42.5 Å². The van der Waals surface area contributed by atoms with Gasteiger partial charge in [-0.05, 0) is 43.5 Å². The second-order valence-corrected chi connectivity index (χ2v) is 7.17. The van der Waals surface area contributed by atoms with E-state index in [0.29, 0.717) is 5.92 Å². The maximum absolute atomic E-state index is 9.43. The van der Waals surface area contributed by atoms with Crippen LogP contribution in [0.15, 0.2) is 60.8 Å². The van der Waals surface area contributed by atoms with Gasteiger partial charge >= 0.3 is 0 Å². The molecule has 0 spiro atoms. The van der Waals surface area contributed by atoms with Gasteiger partial charge in [0.1, 0.15) is 0 Å². The Balaban J connectivity index is 1.71. The number of rotatable bonds is 5. The number of likely N-dealkylation sites (tertiary alicyclic amines) is 1. The number of nitrogens with zero attached hydrogens (tertiary/aromatic N) is 3. The first-order valence-corrected chi connectivity index (χ1v) is 9.28. The van der Waals surface area contributed by atoms with Crippen LogP contribution in [0, 0.1) is 12.8 Å². The maximum atomic E-state index is 9.43. The van der Waals surface area contributed by atoms with Crippen molar-refractivity contribution in [2.75, 3.05) is 19.7 Å². The number of hydrogen-bond acceptors (Lipinski definition) is 3. The molecule has 1 fully saturated rings. The van der Waals surface area contributed by atoms with Crippen molar-refractivity contribution < 1.29 is 5.11 Å². The number of benzene rings is 2. The zero-order valence-electron chi connectivity index (χ0n) is 15.2. The molecule has 1 aliphatic rings. The summed E-state index contributed by atoms with van der Waals surface area (Å²) in [6.45, 7) is 5.28. The molecule has 3 aromatic rings. The molecule has 1 aromatic heterocycles. The van der Waals surface area contributed by atoms with Gasteiger partial charge in [0.15, 0.2) is 0 Å². The summed E-state index contributed by atoms with van der Waals surface area (Å²) in [6.07, 6.45) is 3.23. The molecular formula is C22H25N3O. The molecule has 1 saturated heterocycles. The Morgan fingerprint density at radius 1 is 1.08 bits per heavy atom. The first kappa shape index (κ1) is 17.0. The Kier molecular flexibility index (Phi) is 4.87. The minimum atomic E-state index is 0.282. The highest BCUT2D eigenvalue weighted by molar-refractivity contribution is 5.66. The van der Waals surface area contributed by atoms with Crippen LogP contribution in [0.5, 0.6) is 0 Å². The normalized spacial score (nSPS) is 17.7. The van der Waals surface area contributed by atoms with Gasteiger partial charge in [0.2, 0.25) is 0 Å². The number of aromatic nitrogens is 2. The van der Waals surface area contributed by atoms with Crippen molar-refractivity contribution in [2.45, 2.75) is 19.9 Å². The summed E-state index contributed by atoms with van der Waals surface area (Å²) in [6, 6.07) is 18.7. The zero-order valence-corrected chi connectivity index (χ0v) is 15.2. The van der Waals surface area contributed by atoms with Gasteiger partial charge in [0.25, 0.3) is 0 Å². The molecule has 1 atom stereocenters. The SMILES string of the molecule is Cc1ccccc1-c1nn(-c2ccccc2)cc1CN1CCC(CO)C1. The van der Waals surface area contributed by atoms with Crippen LogP contribution in [0.25, 0.3) is 16.9 Å². The molecule has 1 aliphatic heterocycles. The molecule has 0 aliphatic carbocycles. The minimum absolute atomic E-state index is 0.282. The van der Waals surface area contributed by atoms with Crippen LogP contribution >= 0.6 is 0 Å². The van der Waals surface area contributed by atoms with E-state index in [4.69, 9.17) is 5.10 Å². The van der Waals surface area contributed by atoms with E-state index < -0.39 is 0 Å². The van der Waals surface area contributed by atoms with Crippen molar-refractivity contribution in [1.82, 2.24) is 14.7 Å². The molecule has 2 aromatic carbocycles. The fraction of sp³-hybridized carbons (Fsp3) is 0.318. The number of para-hydroxylation sites is 1. The summed E-state index contributed by atoms with van der Waals surface area (Å²) in [4.78, 5) is 2.43. The van der Waals surface area contributed by atoms with Gasteiger partial charge in [-0.3, -0.25) is 4.90 Å². The summed E-state index contributed by atoms with van der Waals surface area (Å²) >= 11 is 0. The minimum Gasteiger partial charge on any atom is -0.396 e. The summed E-state index contributed by atoms with van der Waals surface area (Å²) in [5.74, 6) is 0.404. The number of aryl methyl sites for hydroxylation is 1. The topological polar surface area (TPSA) is 41.3 Å². The quantitative estimate of drug-likeness (QED) is 0.766. The van der Waals surface area contributed by atoms with E-state index >= 15 is 0 Å². The zero-order chi connectivity index (χ0) is 17.9. The lowest BCUT2D eigenvalue weighted by molar-refractivity contribution is 0.220. The smallest absolute Gasteiger partial charge is 0.0975 e. The second-order valence-electron chi connectivity index (χ2n) is 7.17. The molecule has 4 nitrogen and oxygen atoms in total. The lowest BCUT2D eigenvalue weighted by Crippen LogP contribution is -2.21. The van der Waals surface area contributed by atoms with Crippen LogP contribution < -0.4 is 0 Å². The number of hydrogen-bond donors (Lipinski definition) is 1. The molecule has 26 heavy (non-hydrogen) atoms. The van der Waals surface area contributed by atoms with E-state index in [0.717, 1.165) is 37.4 Å². The van der Waals surface area contributed by atoms with Crippen molar-refractivity contribution in [3.05, 3.63) is 71.9 Å². The summed E-state index contributed by atoms with van der Waals surface area (Å²) < 4.78 is 1.98. The van der Waals surface area contributed by atoms with Crippen LogP contribution in [-0.4, -0.2) is 39.5 Å². The standard InChI is InChI=1S/C22H25N3O/c1-17-7-5-6-10-21(17)22-19(14-24-12-11-18(13-24)16-26)15-25(23-22)20-8-3-2-4-9-20/h2-10,15,18,26H,11-14,16H2,1H3. The van der Waals surface area contributed by atoms with Crippen molar-refractivity contribution in [2.24, 2.45) is 5.92 Å².